The van der Waals surface area contributed by atoms with Gasteiger partial charge in [-0.1, -0.05) is 23.7 Å². The molecular formula is C26H29ClFN5O4. The second kappa shape index (κ2) is 10.8. The van der Waals surface area contributed by atoms with Gasteiger partial charge in [0.15, 0.2) is 0 Å². The fourth-order valence-corrected chi connectivity index (χ4v) is 4.36. The summed E-state index contributed by atoms with van der Waals surface area (Å²) in [4.78, 5) is 47.4. The number of hydrogen-bond acceptors (Lipinski definition) is 5. The molecule has 1 aromatic carbocycles. The van der Waals surface area contributed by atoms with E-state index in [1.807, 2.05) is 0 Å². The molecule has 0 radical (unpaired) electrons. The van der Waals surface area contributed by atoms with Gasteiger partial charge in [0, 0.05) is 24.9 Å². The van der Waals surface area contributed by atoms with Crippen LogP contribution in [0.5, 0.6) is 0 Å². The van der Waals surface area contributed by atoms with E-state index < -0.39 is 29.5 Å². The molecule has 9 nitrogen and oxygen atoms in total. The van der Waals surface area contributed by atoms with E-state index in [-0.39, 0.29) is 30.6 Å². The maximum absolute atomic E-state index is 13.5. The highest BCUT2D eigenvalue weighted by Gasteiger charge is 2.33. The molecule has 11 heteroatoms. The smallest absolute Gasteiger partial charge is 0.407 e. The zero-order chi connectivity index (χ0) is 26.7. The van der Waals surface area contributed by atoms with Crippen molar-refractivity contribution in [2.45, 2.75) is 51.3 Å². The standard InChI is InChI=1S/C26H29ClFN5O4/c1-26(2,3)37-25(36)30-18-8-9-33(14-18)24(35)20(10-15-4-6-17(28)7-5-15)32-23(34)19-11-16-12-22(27)29-13-21(16)31-19/h4-7,11-13,18,20,31H,8-10,14H2,1-3H3,(H,30,36)(H,32,34)/t18-,20+/m1/s1. The zero-order valence-electron chi connectivity index (χ0n) is 20.8. The number of alkyl carbamates (subject to hydrolysis) is 1. The van der Waals surface area contributed by atoms with Gasteiger partial charge in [0.2, 0.25) is 5.91 Å². The van der Waals surface area contributed by atoms with Crippen molar-refractivity contribution in [3.05, 3.63) is 64.8 Å². The predicted octanol–water partition coefficient (Wildman–Crippen LogP) is 3.82. The van der Waals surface area contributed by atoms with Crippen LogP contribution in [0, 0.1) is 5.82 Å². The number of benzene rings is 1. The second-order valence-corrected chi connectivity index (χ2v) is 10.4. The SMILES string of the molecule is CC(C)(C)OC(=O)N[C@@H]1CCN(C(=O)[C@H](Cc2ccc(F)cc2)NC(=O)c2cc3cc(Cl)ncc3[nH]2)C1. The zero-order valence-corrected chi connectivity index (χ0v) is 21.6. The highest BCUT2D eigenvalue weighted by molar-refractivity contribution is 6.30. The first-order valence-electron chi connectivity index (χ1n) is 11.9. The van der Waals surface area contributed by atoms with Crippen molar-refractivity contribution in [3.8, 4) is 0 Å². The molecule has 1 aliphatic rings. The van der Waals surface area contributed by atoms with Gasteiger partial charge in [0.25, 0.3) is 5.91 Å². The number of nitrogens with one attached hydrogen (secondary N) is 3. The van der Waals surface area contributed by atoms with E-state index in [2.05, 4.69) is 20.6 Å². The number of fused-ring (bicyclic) bond motifs is 1. The highest BCUT2D eigenvalue weighted by Crippen LogP contribution is 2.19. The summed E-state index contributed by atoms with van der Waals surface area (Å²) in [7, 11) is 0. The summed E-state index contributed by atoms with van der Waals surface area (Å²) in [5, 5.41) is 6.62. The van der Waals surface area contributed by atoms with Gasteiger partial charge in [0.05, 0.1) is 17.8 Å². The van der Waals surface area contributed by atoms with Crippen LogP contribution in [0.4, 0.5) is 9.18 Å². The number of rotatable bonds is 6. The van der Waals surface area contributed by atoms with E-state index >= 15 is 0 Å². The van der Waals surface area contributed by atoms with E-state index in [4.69, 9.17) is 16.3 Å². The predicted molar refractivity (Wildman–Crippen MR) is 137 cm³/mol. The quantitative estimate of drug-likeness (QED) is 0.420. The first kappa shape index (κ1) is 26.4. The lowest BCUT2D eigenvalue weighted by molar-refractivity contribution is -0.132. The van der Waals surface area contributed by atoms with Crippen molar-refractivity contribution >= 4 is 40.4 Å². The van der Waals surface area contributed by atoms with E-state index in [0.29, 0.717) is 34.6 Å². The molecule has 3 amide bonds. The Morgan fingerprint density at radius 3 is 2.68 bits per heavy atom. The fourth-order valence-electron chi connectivity index (χ4n) is 4.19. The number of pyridine rings is 1. The van der Waals surface area contributed by atoms with Gasteiger partial charge >= 0.3 is 6.09 Å². The summed E-state index contributed by atoms with van der Waals surface area (Å²) in [6.07, 6.45) is 1.70. The maximum Gasteiger partial charge on any atom is 0.407 e. The lowest BCUT2D eigenvalue weighted by Crippen LogP contribution is -2.50. The van der Waals surface area contributed by atoms with E-state index in [0.717, 1.165) is 0 Å². The topological polar surface area (TPSA) is 116 Å². The minimum atomic E-state index is -0.911. The van der Waals surface area contributed by atoms with Gasteiger partial charge in [-0.2, -0.15) is 0 Å². The van der Waals surface area contributed by atoms with E-state index in [1.165, 1.54) is 18.3 Å². The first-order valence-corrected chi connectivity index (χ1v) is 12.3. The van der Waals surface area contributed by atoms with Crippen LogP contribution < -0.4 is 10.6 Å². The fraction of sp³-hybridized carbons (Fsp3) is 0.385. The molecule has 2 aromatic heterocycles. The van der Waals surface area contributed by atoms with Crippen molar-refractivity contribution in [2.75, 3.05) is 13.1 Å². The Morgan fingerprint density at radius 2 is 1.97 bits per heavy atom. The summed E-state index contributed by atoms with van der Waals surface area (Å²) in [6.45, 7) is 6.02. The lowest BCUT2D eigenvalue weighted by atomic mass is 10.0. The summed E-state index contributed by atoms with van der Waals surface area (Å²) in [6, 6.07) is 7.86. The van der Waals surface area contributed by atoms with Gasteiger partial charge in [-0.15, -0.1) is 0 Å². The van der Waals surface area contributed by atoms with Crippen LogP contribution in [0.3, 0.4) is 0 Å². The van der Waals surface area contributed by atoms with Crippen LogP contribution in [0.2, 0.25) is 5.15 Å². The monoisotopic (exact) mass is 529 g/mol. The van der Waals surface area contributed by atoms with Crippen molar-refractivity contribution in [3.63, 3.8) is 0 Å². The second-order valence-electron chi connectivity index (χ2n) is 10.1. The number of aromatic amines is 1. The minimum Gasteiger partial charge on any atom is -0.444 e. The third-order valence-corrected chi connectivity index (χ3v) is 6.10. The Kier molecular flexibility index (Phi) is 7.68. The molecule has 0 spiro atoms. The third kappa shape index (κ3) is 6.97. The molecular weight excluding hydrogens is 501 g/mol. The number of ether oxygens (including phenoxy) is 1. The average Bonchev–Trinajstić information content (AvgIpc) is 3.45. The van der Waals surface area contributed by atoms with Crippen LogP contribution in [0.15, 0.2) is 42.6 Å². The molecule has 3 aromatic rings. The largest absolute Gasteiger partial charge is 0.444 e. The number of carbonyl (C=O) groups is 3. The Morgan fingerprint density at radius 1 is 1.24 bits per heavy atom. The van der Waals surface area contributed by atoms with E-state index in [9.17, 15) is 18.8 Å². The number of aromatic nitrogens is 2. The van der Waals surface area contributed by atoms with Gasteiger partial charge < -0.3 is 25.3 Å². The Labute approximate surface area is 218 Å². The number of nitrogens with zero attached hydrogens (tertiary/aromatic N) is 2. The Balaban J connectivity index is 1.48. The van der Waals surface area contributed by atoms with E-state index in [1.54, 1.807) is 49.9 Å². The summed E-state index contributed by atoms with van der Waals surface area (Å²) < 4.78 is 18.7. The number of amides is 3. The minimum absolute atomic E-state index is 0.166. The van der Waals surface area contributed by atoms with Gasteiger partial charge in [0.1, 0.15) is 28.3 Å². The normalized spacial score (nSPS) is 16.5. The number of hydrogen-bond donors (Lipinski definition) is 3. The summed E-state index contributed by atoms with van der Waals surface area (Å²) in [5.41, 5.74) is 0.941. The van der Waals surface area contributed by atoms with Crippen LogP contribution in [0.1, 0.15) is 43.2 Å². The van der Waals surface area contributed by atoms with Crippen molar-refractivity contribution in [1.82, 2.24) is 25.5 Å². The third-order valence-electron chi connectivity index (χ3n) is 5.89. The molecule has 196 valence electrons. The molecule has 2 atom stereocenters. The Bertz CT molecular complexity index is 1300. The molecule has 0 aliphatic carbocycles. The number of carbonyl (C=O) groups excluding carboxylic acids is 3. The van der Waals surface area contributed by atoms with Gasteiger partial charge in [-0.05, 0) is 57.0 Å². The summed E-state index contributed by atoms with van der Waals surface area (Å²) in [5.74, 6) is -1.17. The molecule has 1 saturated heterocycles. The molecule has 3 heterocycles. The molecule has 1 fully saturated rings. The molecule has 37 heavy (non-hydrogen) atoms. The number of halogens is 2. The first-order chi connectivity index (χ1) is 17.5. The Hall–Kier alpha value is -3.66. The van der Waals surface area contributed by atoms with Gasteiger partial charge in [-0.3, -0.25) is 9.59 Å². The maximum atomic E-state index is 13.5. The van der Waals surface area contributed by atoms with Crippen LogP contribution in [-0.2, 0) is 16.0 Å². The number of H-pyrrole nitrogens is 1. The highest BCUT2D eigenvalue weighted by atomic mass is 35.5. The molecule has 1 aliphatic heterocycles. The molecule has 0 unspecified atom stereocenters. The summed E-state index contributed by atoms with van der Waals surface area (Å²) >= 11 is 5.95. The number of likely N-dealkylation sites (tertiary alicyclic amines) is 1. The van der Waals surface area contributed by atoms with Crippen molar-refractivity contribution in [1.29, 1.82) is 0 Å². The van der Waals surface area contributed by atoms with Crippen molar-refractivity contribution in [2.24, 2.45) is 0 Å². The lowest BCUT2D eigenvalue weighted by Gasteiger charge is -2.25. The van der Waals surface area contributed by atoms with Crippen LogP contribution in [-0.4, -0.2) is 63.5 Å². The van der Waals surface area contributed by atoms with Crippen LogP contribution in [0.25, 0.3) is 10.9 Å². The molecule has 4 rings (SSSR count). The average molecular weight is 530 g/mol. The van der Waals surface area contributed by atoms with Gasteiger partial charge in [-0.25, -0.2) is 14.2 Å². The molecule has 0 saturated carbocycles. The molecule has 3 N–H and O–H groups in total. The van der Waals surface area contributed by atoms with Crippen molar-refractivity contribution < 1.29 is 23.5 Å². The van der Waals surface area contributed by atoms with Crippen LogP contribution >= 0.6 is 11.6 Å². The molecule has 0 bridgehead atoms.